The van der Waals surface area contributed by atoms with E-state index in [4.69, 9.17) is 0 Å². The van der Waals surface area contributed by atoms with Crippen LogP contribution in [0, 0.1) is 34.6 Å². The van der Waals surface area contributed by atoms with E-state index in [1.807, 2.05) is 29.0 Å². The highest BCUT2D eigenvalue weighted by molar-refractivity contribution is 9.11. The third-order valence-electron chi connectivity index (χ3n) is 11.7. The van der Waals surface area contributed by atoms with E-state index < -0.39 is 0 Å². The Bertz CT molecular complexity index is 2960. The molecule has 364 valence electrons. The predicted octanol–water partition coefficient (Wildman–Crippen LogP) is 20.9. The van der Waals surface area contributed by atoms with Crippen LogP contribution in [0.2, 0.25) is 0 Å². The number of thiophene rings is 2. The maximum Gasteiger partial charge on any atom is 0.0801 e. The molecule has 1 nitrogen and oxygen atoms in total. The van der Waals surface area contributed by atoms with Gasteiger partial charge in [-0.2, -0.15) is 0 Å². The van der Waals surface area contributed by atoms with Crippen LogP contribution >= 0.6 is 49.9 Å². The Kier molecular flexibility index (Phi) is 24.2. The van der Waals surface area contributed by atoms with Gasteiger partial charge in [0, 0.05) is 9.75 Å². The van der Waals surface area contributed by atoms with E-state index in [2.05, 4.69) is 277 Å². The summed E-state index contributed by atoms with van der Waals surface area (Å²) in [5, 5.41) is 2.14. The van der Waals surface area contributed by atoms with Crippen LogP contribution in [0.15, 0.2) is 215 Å². The molecule has 0 aliphatic carbocycles. The minimum atomic E-state index is 1.10. The van der Waals surface area contributed by atoms with Gasteiger partial charge in [0.15, 0.2) is 0 Å². The summed E-state index contributed by atoms with van der Waals surface area (Å²) in [5.41, 5.74) is 20.3. The van der Waals surface area contributed by atoms with Crippen molar-refractivity contribution in [1.82, 2.24) is 4.98 Å². The summed E-state index contributed by atoms with van der Waals surface area (Å²) in [5.74, 6) is 0. The van der Waals surface area contributed by atoms with Crippen molar-refractivity contribution < 1.29 is 0 Å². The minimum absolute atomic E-state index is 1.10. The van der Waals surface area contributed by atoms with E-state index in [1.54, 1.807) is 22.7 Å². The van der Waals surface area contributed by atoms with Crippen LogP contribution in [0.5, 0.6) is 0 Å². The molecule has 0 N–H and O–H groups in total. The lowest BCUT2D eigenvalue weighted by Crippen LogP contribution is -1.81. The Morgan fingerprint density at radius 1 is 0.366 bits per heavy atom. The molecule has 0 aliphatic rings. The summed E-state index contributed by atoms with van der Waals surface area (Å²) in [4.78, 5) is 8.37. The highest BCUT2D eigenvalue weighted by Crippen LogP contribution is 2.30. The van der Waals surface area contributed by atoms with Gasteiger partial charge in [-0.05, 0) is 155 Å². The molecule has 0 radical (unpaired) electrons. The third kappa shape index (κ3) is 19.3. The summed E-state index contributed by atoms with van der Waals surface area (Å²) >= 11 is 8.71. The van der Waals surface area contributed by atoms with Crippen molar-refractivity contribution in [3.8, 4) is 43.1 Å². The van der Waals surface area contributed by atoms with Crippen molar-refractivity contribution in [3.63, 3.8) is 0 Å². The summed E-state index contributed by atoms with van der Waals surface area (Å²) in [6.45, 7) is 19.2. The van der Waals surface area contributed by atoms with Crippen LogP contribution < -0.4 is 0 Å². The molecule has 3 aromatic heterocycles. The van der Waals surface area contributed by atoms with E-state index in [1.165, 1.54) is 90.7 Å². The van der Waals surface area contributed by atoms with Gasteiger partial charge in [0.05, 0.1) is 19.9 Å². The molecule has 0 atom stereocenters. The monoisotopic (exact) mass is 1050 g/mol. The highest BCUT2D eigenvalue weighted by atomic mass is 79.9. The van der Waals surface area contributed by atoms with Gasteiger partial charge in [0.2, 0.25) is 0 Å². The van der Waals surface area contributed by atoms with Crippen molar-refractivity contribution >= 4 is 49.9 Å². The number of benzene rings is 7. The predicted molar refractivity (Wildman–Crippen MR) is 321 cm³/mol. The molecule has 71 heavy (non-hydrogen) atoms. The molecule has 0 spiro atoms. The van der Waals surface area contributed by atoms with E-state index in [0.29, 0.717) is 0 Å². The molecule has 0 unspecified atom stereocenters. The third-order valence-corrected chi connectivity index (χ3v) is 15.5. The molecule has 0 amide bonds. The number of hydrogen-bond acceptors (Lipinski definition) is 4. The molecule has 10 aromatic rings. The number of aryl methyl sites for hydroxylation is 9. The van der Waals surface area contributed by atoms with Crippen LogP contribution in [0.4, 0.5) is 0 Å². The second-order valence-corrected chi connectivity index (χ2v) is 21.5. The van der Waals surface area contributed by atoms with Crippen LogP contribution in [-0.4, -0.2) is 4.98 Å². The lowest BCUT2D eigenvalue weighted by Gasteiger charge is -2.02. The average molecular weight is 1050 g/mol. The first kappa shape index (κ1) is 56.0. The van der Waals surface area contributed by atoms with Crippen LogP contribution in [-0.2, 0) is 25.7 Å². The average Bonchev–Trinajstić information content (AvgIpc) is 4.19. The first-order valence-electron chi connectivity index (χ1n) is 24.7. The van der Waals surface area contributed by atoms with Gasteiger partial charge in [0.1, 0.15) is 0 Å². The Balaban J connectivity index is 0.000000160. The Hall–Kier alpha value is -5.95. The van der Waals surface area contributed by atoms with E-state index in [-0.39, 0.29) is 0 Å². The maximum absolute atomic E-state index is 4.25. The fourth-order valence-corrected chi connectivity index (χ4v) is 10.3. The second kappa shape index (κ2) is 30.7. The number of halogens is 1. The molecule has 5 heteroatoms. The van der Waals surface area contributed by atoms with Crippen LogP contribution in [0.1, 0.15) is 77.2 Å². The zero-order valence-electron chi connectivity index (χ0n) is 43.1. The topological polar surface area (TPSA) is 12.9 Å². The number of thiazole rings is 1. The largest absolute Gasteiger partial charge is 0.249 e. The van der Waals surface area contributed by atoms with Crippen LogP contribution in [0.25, 0.3) is 43.1 Å². The first-order chi connectivity index (χ1) is 34.5. The van der Waals surface area contributed by atoms with E-state index >= 15 is 0 Å². The van der Waals surface area contributed by atoms with Crippen molar-refractivity contribution in [2.24, 2.45) is 0 Å². The molecule has 0 fully saturated rings. The molecule has 3 heterocycles. The van der Waals surface area contributed by atoms with Gasteiger partial charge < -0.3 is 0 Å². The molecule has 0 saturated heterocycles. The lowest BCUT2D eigenvalue weighted by atomic mass is 10.0. The summed E-state index contributed by atoms with van der Waals surface area (Å²) in [7, 11) is 0. The molecule has 10 rings (SSSR count). The zero-order valence-corrected chi connectivity index (χ0v) is 47.1. The molecule has 0 bridgehead atoms. The number of nitrogens with zero attached hydrogens (tertiary/aromatic N) is 1. The van der Waals surface area contributed by atoms with Crippen LogP contribution in [0.3, 0.4) is 0 Å². The lowest BCUT2D eigenvalue weighted by molar-refractivity contribution is 1.14. The summed E-state index contributed by atoms with van der Waals surface area (Å²) < 4.78 is 1.23. The number of rotatable bonds is 8. The molecule has 0 aliphatic heterocycles. The Labute approximate surface area is 447 Å². The van der Waals surface area contributed by atoms with Gasteiger partial charge in [0.25, 0.3) is 0 Å². The Morgan fingerprint density at radius 3 is 1.10 bits per heavy atom. The van der Waals surface area contributed by atoms with Gasteiger partial charge in [-0.3, -0.25) is 0 Å². The van der Waals surface area contributed by atoms with Gasteiger partial charge >= 0.3 is 0 Å². The zero-order chi connectivity index (χ0) is 50.8. The standard InChI is InChI=1S/C14H14.C13H12.C12H13NS.C12H12S.C9H12.C6H7BrS/c1-2-12-8-10-14(11-9-12)13-6-4-3-5-7-13;1-11-7-9-13(10-8-11)12-5-3-2-4-6-12;1-3-10-4-6-11(7-5-10)12-9(2)13-8-14-12;1-9-3-5-11(6-4-9)12-10(2)7-8-13-12;1-3-9-6-4-8(2)5-7-9;1-2-5-3-4-6(7)8-5/h3-11H,2H2,1H3;2-10H,1H3;4-8H,3H2,1-2H3;3-8H,1-2H3;4-7H,3H2,1-2H3;3-4H,2H2,1H3. The fourth-order valence-electron chi connectivity index (χ4n) is 7.15. The van der Waals surface area contributed by atoms with Gasteiger partial charge in [-0.1, -0.05) is 226 Å². The van der Waals surface area contributed by atoms with Gasteiger partial charge in [-0.25, -0.2) is 4.98 Å². The second-order valence-electron chi connectivity index (χ2n) is 17.2. The fraction of sp³-hybridized carbons (Fsp3) is 0.197. The first-order valence-corrected chi connectivity index (χ1v) is 28.0. The van der Waals surface area contributed by atoms with E-state index in [9.17, 15) is 0 Å². The Morgan fingerprint density at radius 2 is 0.746 bits per heavy atom. The van der Waals surface area contributed by atoms with Crippen molar-refractivity contribution in [2.45, 2.75) is 88.0 Å². The number of aromatic nitrogens is 1. The maximum atomic E-state index is 4.25. The van der Waals surface area contributed by atoms with Gasteiger partial charge in [-0.15, -0.1) is 34.0 Å². The normalized spacial score (nSPS) is 10.1. The highest BCUT2D eigenvalue weighted by Gasteiger charge is 2.04. The molecular formula is C66H70BrNS3. The van der Waals surface area contributed by atoms with Crippen molar-refractivity contribution in [2.75, 3.05) is 0 Å². The van der Waals surface area contributed by atoms with E-state index in [0.717, 1.165) is 31.4 Å². The molecular weight excluding hydrogens is 983 g/mol. The SMILES string of the molecule is CCc1ccc(-c2ccccc2)cc1.CCc1ccc(-c2scnc2C)cc1.CCc1ccc(Br)s1.CCc1ccc(C)cc1.Cc1ccc(-c2ccccc2)cc1.Cc1ccc(-c2sccc2C)cc1. The molecule has 0 saturated carbocycles. The summed E-state index contributed by atoms with van der Waals surface area (Å²) in [6.07, 6.45) is 4.49. The molecule has 7 aromatic carbocycles. The smallest absolute Gasteiger partial charge is 0.0801 e. The summed E-state index contributed by atoms with van der Waals surface area (Å²) in [6, 6.07) is 70.8. The minimum Gasteiger partial charge on any atom is -0.249 e. The quantitative estimate of drug-likeness (QED) is 0.148. The van der Waals surface area contributed by atoms with Crippen molar-refractivity contribution in [1.29, 1.82) is 0 Å². The number of hydrogen-bond donors (Lipinski definition) is 0. The van der Waals surface area contributed by atoms with Crippen molar-refractivity contribution in [3.05, 3.63) is 264 Å².